The molecule has 3 saturated carbocycles. The molecule has 8 nitrogen and oxygen atoms in total. The van der Waals surface area contributed by atoms with E-state index in [0.717, 1.165) is 0 Å². The van der Waals surface area contributed by atoms with E-state index in [1.54, 1.807) is 26.8 Å². The van der Waals surface area contributed by atoms with Crippen LogP contribution in [0.5, 0.6) is 0 Å². The number of fused-ring (bicyclic) bond motifs is 5. The van der Waals surface area contributed by atoms with Crippen molar-refractivity contribution in [3.63, 3.8) is 0 Å². The minimum absolute atomic E-state index is 0.193. The standard InChI is InChI=1S/C22H32FO8P/c1-12-8-16-15-5-4-13-9-14(24)6-7-19(13,2)21(15,23)17(25)10-20(16,3)22(12,27)18(26)11-31-32(28,29)30/h6-7,9,12,15-17,25,27-30,32H,4-5,8,10-11H2,1-3H3/t12-,15+,16+,17+,19+,20+,21+,22+/m1/s1. The van der Waals surface area contributed by atoms with E-state index in [2.05, 4.69) is 4.52 Å². The fourth-order valence-electron chi connectivity index (χ4n) is 7.41. The summed E-state index contributed by atoms with van der Waals surface area (Å²) in [7, 11) is -4.97. The van der Waals surface area contributed by atoms with Gasteiger partial charge in [0.2, 0.25) is 0 Å². The van der Waals surface area contributed by atoms with Gasteiger partial charge in [0, 0.05) is 0 Å². The van der Waals surface area contributed by atoms with Crippen LogP contribution in [0.3, 0.4) is 0 Å². The summed E-state index contributed by atoms with van der Waals surface area (Å²) >= 11 is 0. The summed E-state index contributed by atoms with van der Waals surface area (Å²) in [5, 5.41) is 22.9. The van der Waals surface area contributed by atoms with E-state index in [0.29, 0.717) is 24.8 Å². The van der Waals surface area contributed by atoms with Crippen LogP contribution in [0.2, 0.25) is 0 Å². The average Bonchev–Trinajstić information content (AvgIpc) is 2.89. The molecule has 10 heteroatoms. The Morgan fingerprint density at radius 1 is 1.28 bits per heavy atom. The van der Waals surface area contributed by atoms with Crippen LogP contribution in [0.15, 0.2) is 23.8 Å². The van der Waals surface area contributed by atoms with E-state index in [1.165, 1.54) is 12.2 Å². The maximum absolute atomic E-state index is 17.0. The number of ketones is 2. The number of aliphatic hydroxyl groups excluding tert-OH is 1. The van der Waals surface area contributed by atoms with E-state index in [4.69, 9.17) is 14.7 Å². The van der Waals surface area contributed by atoms with Crippen LogP contribution in [0, 0.1) is 28.6 Å². The molecular formula is C22H32FO8P. The van der Waals surface area contributed by atoms with Gasteiger partial charge >= 0.3 is 181 Å². The van der Waals surface area contributed by atoms with Crippen LogP contribution in [0.1, 0.15) is 46.5 Å². The maximum atomic E-state index is 17.0. The Bertz CT molecular complexity index is 914. The fourth-order valence-corrected chi connectivity index (χ4v) is 7.74. The number of halogens is 1. The number of aliphatic hydroxyl groups is 2. The first-order chi connectivity index (χ1) is 14.6. The van der Waals surface area contributed by atoms with Gasteiger partial charge in [0.05, 0.1) is 0 Å². The van der Waals surface area contributed by atoms with Crippen LogP contribution in [0.4, 0.5) is 4.39 Å². The number of Topliss-reactive ketones (excluding diaryl/α,β-unsaturated/α-hetero) is 1. The summed E-state index contributed by atoms with van der Waals surface area (Å²) in [6, 6.07) is 0. The van der Waals surface area contributed by atoms with Gasteiger partial charge < -0.3 is 0 Å². The van der Waals surface area contributed by atoms with Crippen molar-refractivity contribution < 1.29 is 43.4 Å². The quantitative estimate of drug-likeness (QED) is 0.384. The van der Waals surface area contributed by atoms with Crippen molar-refractivity contribution in [2.75, 3.05) is 6.61 Å². The van der Waals surface area contributed by atoms with E-state index in [9.17, 15) is 19.8 Å². The summed E-state index contributed by atoms with van der Waals surface area (Å²) in [6.45, 7) is 4.12. The van der Waals surface area contributed by atoms with Crippen molar-refractivity contribution in [2.45, 2.75) is 63.8 Å². The summed E-state index contributed by atoms with van der Waals surface area (Å²) < 4.78 is 21.5. The summed E-state index contributed by atoms with van der Waals surface area (Å²) in [4.78, 5) is 52.3. The monoisotopic (exact) mass is 474 g/mol. The van der Waals surface area contributed by atoms with Crippen LogP contribution in [-0.2, 0) is 14.1 Å². The third-order valence-corrected chi connectivity index (χ3v) is 9.58. The number of hydrogen-bond donors (Lipinski definition) is 5. The van der Waals surface area contributed by atoms with Gasteiger partial charge in [-0.2, -0.15) is 0 Å². The summed E-state index contributed by atoms with van der Waals surface area (Å²) in [5.41, 5.74) is -5.80. The average molecular weight is 474 g/mol. The molecule has 4 rings (SSSR count). The van der Waals surface area contributed by atoms with E-state index < -0.39 is 66.5 Å². The molecule has 0 aromatic carbocycles. The van der Waals surface area contributed by atoms with Gasteiger partial charge in [-0.3, -0.25) is 4.79 Å². The molecule has 0 heterocycles. The Hall–Kier alpha value is -1.06. The molecule has 0 aromatic rings. The molecule has 3 fully saturated rings. The number of carbonyl (C=O) groups excluding carboxylic acids is 2. The minimum atomic E-state index is -4.97. The fraction of sp³-hybridized carbons (Fsp3) is 0.727. The molecule has 180 valence electrons. The van der Waals surface area contributed by atoms with Crippen LogP contribution < -0.4 is 0 Å². The molecule has 0 amide bonds. The molecule has 8 atom stereocenters. The van der Waals surface area contributed by atoms with Gasteiger partial charge in [0.15, 0.2) is 0 Å². The Labute approximate surface area is 186 Å². The number of carbonyl (C=O) groups is 2. The molecule has 0 radical (unpaired) electrons. The molecule has 0 aliphatic heterocycles. The Morgan fingerprint density at radius 3 is 2.56 bits per heavy atom. The Balaban J connectivity index is 1.73. The summed E-state index contributed by atoms with van der Waals surface area (Å²) in [6.07, 6.45) is 3.79. The third-order valence-electron chi connectivity index (χ3n) is 9.04. The zero-order valence-electron chi connectivity index (χ0n) is 18.4. The molecule has 0 aromatic heterocycles. The molecule has 0 saturated heterocycles. The number of rotatable bonds is 4. The van der Waals surface area contributed by atoms with Gasteiger partial charge in [0.1, 0.15) is 0 Å². The van der Waals surface area contributed by atoms with Crippen molar-refractivity contribution in [3.8, 4) is 0 Å². The number of alkyl halides is 1. The Kier molecular flexibility index (Phi) is 5.43. The van der Waals surface area contributed by atoms with Crippen molar-refractivity contribution in [1.29, 1.82) is 0 Å². The second-order valence-electron chi connectivity index (χ2n) is 10.5. The zero-order chi connectivity index (χ0) is 23.9. The van der Waals surface area contributed by atoms with E-state index in [1.807, 2.05) is 0 Å². The molecule has 0 unspecified atom stereocenters. The first kappa shape index (κ1) is 24.1. The first-order valence-electron chi connectivity index (χ1n) is 11.0. The van der Waals surface area contributed by atoms with Gasteiger partial charge in [-0.05, 0) is 0 Å². The van der Waals surface area contributed by atoms with Crippen LogP contribution in [-0.4, -0.2) is 60.4 Å². The molecule has 0 bridgehead atoms. The zero-order valence-corrected chi connectivity index (χ0v) is 19.4. The Morgan fingerprint density at radius 2 is 1.94 bits per heavy atom. The number of hydrogen-bond acceptors (Lipinski definition) is 8. The van der Waals surface area contributed by atoms with Crippen molar-refractivity contribution in [2.24, 2.45) is 28.6 Å². The molecule has 32 heavy (non-hydrogen) atoms. The van der Waals surface area contributed by atoms with E-state index >= 15 is 4.39 Å². The van der Waals surface area contributed by atoms with Crippen LogP contribution in [0.25, 0.3) is 0 Å². The molecule has 0 spiro atoms. The topological polar surface area (TPSA) is 145 Å². The molecular weight excluding hydrogens is 442 g/mol. The van der Waals surface area contributed by atoms with Gasteiger partial charge in [0.25, 0.3) is 0 Å². The molecule has 4 aliphatic rings. The predicted octanol–water partition coefficient (Wildman–Crippen LogP) is 1.31. The second kappa shape index (κ2) is 7.22. The van der Waals surface area contributed by atoms with Gasteiger partial charge in [-0.25, -0.2) is 0 Å². The van der Waals surface area contributed by atoms with Gasteiger partial charge in [-0.15, -0.1) is 0 Å². The van der Waals surface area contributed by atoms with Crippen molar-refractivity contribution >= 4 is 19.7 Å². The third kappa shape index (κ3) is 2.99. The van der Waals surface area contributed by atoms with Crippen LogP contribution >= 0.6 is 8.17 Å². The second-order valence-corrected chi connectivity index (χ2v) is 11.9. The van der Waals surface area contributed by atoms with Gasteiger partial charge in [-0.1, -0.05) is 0 Å². The first-order valence-corrected chi connectivity index (χ1v) is 12.7. The van der Waals surface area contributed by atoms with Crippen molar-refractivity contribution in [3.05, 3.63) is 23.8 Å². The molecule has 5 N–H and O–H groups in total. The normalized spacial score (nSPS) is 48.5. The van der Waals surface area contributed by atoms with E-state index in [-0.39, 0.29) is 12.2 Å². The summed E-state index contributed by atoms with van der Waals surface area (Å²) in [5.74, 6) is -2.76. The SMILES string of the molecule is C[C@@H]1C[C@H]2[C@@H]3CCC4=CC(=O)C=C[C@]4(C)[C@@]3(F)[C@@H](O)C[C@]2(C)[C@@]1(O)C(=O)CO[PH](O)(O)O. The number of allylic oxidation sites excluding steroid dienone is 4. The predicted molar refractivity (Wildman–Crippen MR) is 114 cm³/mol. The molecule has 4 aliphatic carbocycles. The van der Waals surface area contributed by atoms with Crippen molar-refractivity contribution in [1.82, 2.24) is 0 Å².